The lowest BCUT2D eigenvalue weighted by Crippen LogP contribution is -1.96. The molecule has 0 unspecified atom stereocenters. The van der Waals surface area contributed by atoms with Crippen molar-refractivity contribution >= 4 is 18.4 Å². The molecule has 1 rings (SSSR count). The summed E-state index contributed by atoms with van der Waals surface area (Å²) in [7, 11) is 0. The minimum atomic E-state index is -0.851. The van der Waals surface area contributed by atoms with E-state index in [0.29, 0.717) is 5.56 Å². The van der Waals surface area contributed by atoms with Crippen molar-refractivity contribution in [2.45, 2.75) is 51.9 Å². The molecule has 0 spiro atoms. The predicted molar refractivity (Wildman–Crippen MR) is 77.7 cm³/mol. The van der Waals surface area contributed by atoms with Crippen molar-refractivity contribution in [3.63, 3.8) is 0 Å². The Bertz CT molecular complexity index is 333. The molecular formula is C15H23ClO2. The molecule has 18 heavy (non-hydrogen) atoms. The first-order valence-corrected chi connectivity index (χ1v) is 6.56. The molecule has 0 saturated carbocycles. The third kappa shape index (κ3) is 6.65. The van der Waals surface area contributed by atoms with Gasteiger partial charge in [0.15, 0.2) is 0 Å². The Hall–Kier alpha value is -1.02. The maximum absolute atomic E-state index is 10.7. The molecule has 0 aliphatic rings. The Balaban J connectivity index is 0.00000289. The van der Waals surface area contributed by atoms with E-state index in [0.717, 1.165) is 6.42 Å². The lowest BCUT2D eigenvalue weighted by molar-refractivity contribution is 0.0697. The molecule has 0 saturated heterocycles. The standard InChI is InChI=1S/C15H22O2.ClH/c1-2-3-4-5-6-7-8-13-9-11-14(12-10-13)15(16)17;/h9-12H,2-8H2,1H3,(H,16,17);1H. The SMILES string of the molecule is CCCCCCCCc1ccc(C(=O)O)cc1.Cl. The third-order valence-electron chi connectivity index (χ3n) is 3.02. The van der Waals surface area contributed by atoms with E-state index < -0.39 is 5.97 Å². The van der Waals surface area contributed by atoms with E-state index in [2.05, 4.69) is 6.92 Å². The molecule has 2 nitrogen and oxygen atoms in total. The quantitative estimate of drug-likeness (QED) is 0.695. The summed E-state index contributed by atoms with van der Waals surface area (Å²) in [5.74, 6) is -0.851. The summed E-state index contributed by atoms with van der Waals surface area (Å²) in [6.45, 7) is 2.23. The highest BCUT2D eigenvalue weighted by Gasteiger charge is 2.01. The van der Waals surface area contributed by atoms with E-state index in [4.69, 9.17) is 5.11 Å². The Morgan fingerprint density at radius 1 is 1.00 bits per heavy atom. The van der Waals surface area contributed by atoms with Crippen molar-refractivity contribution < 1.29 is 9.90 Å². The van der Waals surface area contributed by atoms with Crippen molar-refractivity contribution in [1.82, 2.24) is 0 Å². The average molecular weight is 271 g/mol. The number of hydrogen-bond donors (Lipinski definition) is 1. The Morgan fingerprint density at radius 2 is 1.56 bits per heavy atom. The van der Waals surface area contributed by atoms with Crippen LogP contribution in [0.15, 0.2) is 24.3 Å². The zero-order valence-electron chi connectivity index (χ0n) is 11.0. The van der Waals surface area contributed by atoms with Gasteiger partial charge in [-0.2, -0.15) is 0 Å². The van der Waals surface area contributed by atoms with Gasteiger partial charge in [0, 0.05) is 0 Å². The summed E-state index contributed by atoms with van der Waals surface area (Å²) in [4.78, 5) is 10.7. The van der Waals surface area contributed by atoms with Crippen LogP contribution in [0.25, 0.3) is 0 Å². The molecule has 0 aliphatic carbocycles. The minimum absolute atomic E-state index is 0. The number of rotatable bonds is 8. The summed E-state index contributed by atoms with van der Waals surface area (Å²) < 4.78 is 0. The molecule has 1 aromatic rings. The molecule has 0 bridgehead atoms. The number of aryl methyl sites for hydroxylation is 1. The van der Waals surface area contributed by atoms with Crippen LogP contribution in [0.3, 0.4) is 0 Å². The summed E-state index contributed by atoms with van der Waals surface area (Å²) in [6.07, 6.45) is 8.84. The normalized spacial score (nSPS) is 9.83. The predicted octanol–water partition coefficient (Wildman–Crippen LogP) is 4.71. The van der Waals surface area contributed by atoms with Gasteiger partial charge in [0.05, 0.1) is 5.56 Å². The second kappa shape index (κ2) is 9.95. The second-order valence-electron chi connectivity index (χ2n) is 4.52. The van der Waals surface area contributed by atoms with E-state index in [-0.39, 0.29) is 12.4 Å². The highest BCUT2D eigenvalue weighted by atomic mass is 35.5. The Morgan fingerprint density at radius 3 is 2.11 bits per heavy atom. The minimum Gasteiger partial charge on any atom is -0.478 e. The summed E-state index contributed by atoms with van der Waals surface area (Å²) >= 11 is 0. The number of unbranched alkanes of at least 4 members (excludes halogenated alkanes) is 5. The molecule has 0 aromatic heterocycles. The van der Waals surface area contributed by atoms with Crippen LogP contribution in [0.1, 0.15) is 61.4 Å². The van der Waals surface area contributed by atoms with Crippen molar-refractivity contribution in [2.75, 3.05) is 0 Å². The topological polar surface area (TPSA) is 37.3 Å². The average Bonchev–Trinajstić information content (AvgIpc) is 2.34. The van der Waals surface area contributed by atoms with Crippen LogP contribution in [0, 0.1) is 0 Å². The van der Waals surface area contributed by atoms with Crippen molar-refractivity contribution in [1.29, 1.82) is 0 Å². The fourth-order valence-corrected chi connectivity index (χ4v) is 1.92. The molecular weight excluding hydrogens is 248 g/mol. The number of aromatic carboxylic acids is 1. The Kier molecular flexibility index (Phi) is 9.39. The molecule has 0 fully saturated rings. The van der Waals surface area contributed by atoms with Crippen LogP contribution >= 0.6 is 12.4 Å². The number of hydrogen-bond acceptors (Lipinski definition) is 1. The number of halogens is 1. The molecule has 0 aliphatic heterocycles. The van der Waals surface area contributed by atoms with Crippen molar-refractivity contribution in [2.24, 2.45) is 0 Å². The maximum Gasteiger partial charge on any atom is 0.335 e. The smallest absolute Gasteiger partial charge is 0.335 e. The van der Waals surface area contributed by atoms with Gasteiger partial charge in [-0.05, 0) is 30.5 Å². The molecule has 102 valence electrons. The maximum atomic E-state index is 10.7. The van der Waals surface area contributed by atoms with Gasteiger partial charge >= 0.3 is 5.97 Å². The fourth-order valence-electron chi connectivity index (χ4n) is 1.92. The highest BCUT2D eigenvalue weighted by Crippen LogP contribution is 2.11. The van der Waals surface area contributed by atoms with E-state index in [1.165, 1.54) is 44.1 Å². The Labute approximate surface area is 116 Å². The first-order chi connectivity index (χ1) is 8.24. The summed E-state index contributed by atoms with van der Waals surface area (Å²) in [6, 6.07) is 7.23. The van der Waals surface area contributed by atoms with Crippen LogP contribution in [-0.4, -0.2) is 11.1 Å². The molecule has 0 heterocycles. The molecule has 0 radical (unpaired) electrons. The van der Waals surface area contributed by atoms with Crippen molar-refractivity contribution in [3.8, 4) is 0 Å². The first kappa shape index (κ1) is 17.0. The van der Waals surface area contributed by atoms with Gasteiger partial charge in [-0.1, -0.05) is 51.2 Å². The lowest BCUT2D eigenvalue weighted by Gasteiger charge is -2.02. The number of carboxylic acids is 1. The van der Waals surface area contributed by atoms with Gasteiger partial charge in [-0.15, -0.1) is 12.4 Å². The second-order valence-corrected chi connectivity index (χ2v) is 4.52. The van der Waals surface area contributed by atoms with Gasteiger partial charge in [0.1, 0.15) is 0 Å². The van der Waals surface area contributed by atoms with Crippen LogP contribution in [0.4, 0.5) is 0 Å². The summed E-state index contributed by atoms with van der Waals surface area (Å²) in [5.41, 5.74) is 1.61. The highest BCUT2D eigenvalue weighted by molar-refractivity contribution is 5.87. The molecule has 0 amide bonds. The monoisotopic (exact) mass is 270 g/mol. The van der Waals surface area contributed by atoms with Gasteiger partial charge in [-0.25, -0.2) is 4.79 Å². The third-order valence-corrected chi connectivity index (χ3v) is 3.02. The van der Waals surface area contributed by atoms with Gasteiger partial charge in [-0.3, -0.25) is 0 Å². The molecule has 3 heteroatoms. The first-order valence-electron chi connectivity index (χ1n) is 6.56. The van der Waals surface area contributed by atoms with Crippen LogP contribution in [-0.2, 0) is 6.42 Å². The van der Waals surface area contributed by atoms with Crippen molar-refractivity contribution in [3.05, 3.63) is 35.4 Å². The van der Waals surface area contributed by atoms with Crippen LogP contribution in [0.5, 0.6) is 0 Å². The molecule has 1 N–H and O–H groups in total. The van der Waals surface area contributed by atoms with E-state index in [9.17, 15) is 4.79 Å². The van der Waals surface area contributed by atoms with Crippen LogP contribution in [0.2, 0.25) is 0 Å². The van der Waals surface area contributed by atoms with E-state index in [1.807, 2.05) is 12.1 Å². The fraction of sp³-hybridized carbons (Fsp3) is 0.533. The van der Waals surface area contributed by atoms with Crippen LogP contribution < -0.4 is 0 Å². The molecule has 1 aromatic carbocycles. The van der Waals surface area contributed by atoms with Gasteiger partial charge in [0.2, 0.25) is 0 Å². The number of benzene rings is 1. The van der Waals surface area contributed by atoms with Gasteiger partial charge < -0.3 is 5.11 Å². The van der Waals surface area contributed by atoms with E-state index >= 15 is 0 Å². The largest absolute Gasteiger partial charge is 0.478 e. The number of carboxylic acid groups (broad SMARTS) is 1. The zero-order valence-corrected chi connectivity index (χ0v) is 11.8. The van der Waals surface area contributed by atoms with E-state index in [1.54, 1.807) is 12.1 Å². The lowest BCUT2D eigenvalue weighted by atomic mass is 10.0. The van der Waals surface area contributed by atoms with Gasteiger partial charge in [0.25, 0.3) is 0 Å². The zero-order chi connectivity index (χ0) is 12.5. The number of carbonyl (C=O) groups is 1. The summed E-state index contributed by atoms with van der Waals surface area (Å²) in [5, 5.41) is 8.77. The molecule has 0 atom stereocenters.